The van der Waals surface area contributed by atoms with Gasteiger partial charge in [0.25, 0.3) is 0 Å². The summed E-state index contributed by atoms with van der Waals surface area (Å²) in [6.07, 6.45) is 2.33. The number of nitrogens with one attached hydrogen (secondary N) is 1. The number of hydrogen-bond donors (Lipinski definition) is 1. The fourth-order valence-electron chi connectivity index (χ4n) is 2.33. The molecular formula is C15H24ClN3S. The van der Waals surface area contributed by atoms with E-state index in [4.69, 9.17) is 11.6 Å². The second-order valence-corrected chi connectivity index (χ2v) is 7.00. The lowest BCUT2D eigenvalue weighted by molar-refractivity contribution is 0.270. The van der Waals surface area contributed by atoms with Crippen molar-refractivity contribution < 1.29 is 0 Å². The Balaban J connectivity index is 2.00. The van der Waals surface area contributed by atoms with Crippen molar-refractivity contribution in [3.8, 4) is 0 Å². The van der Waals surface area contributed by atoms with Gasteiger partial charge in [-0.05, 0) is 25.0 Å². The third-order valence-corrected chi connectivity index (χ3v) is 5.24. The molecule has 0 radical (unpaired) electrons. The van der Waals surface area contributed by atoms with Gasteiger partial charge in [0.15, 0.2) is 0 Å². The van der Waals surface area contributed by atoms with Crippen molar-refractivity contribution in [3.63, 3.8) is 0 Å². The molecule has 1 aromatic rings. The van der Waals surface area contributed by atoms with Crippen LogP contribution >= 0.6 is 23.4 Å². The number of hydrogen-bond acceptors (Lipinski definition) is 4. The number of pyridine rings is 1. The first-order valence-corrected chi connectivity index (χ1v) is 8.88. The molecule has 1 aliphatic rings. The average molecular weight is 314 g/mol. The van der Waals surface area contributed by atoms with Crippen LogP contribution in [-0.4, -0.2) is 40.5 Å². The highest BCUT2D eigenvalue weighted by Crippen LogP contribution is 2.24. The molecule has 1 fully saturated rings. The van der Waals surface area contributed by atoms with E-state index in [1.54, 1.807) is 0 Å². The maximum absolute atomic E-state index is 6.30. The SMILES string of the molecule is CCCNc1ccc(Cl)c(CN2CCSC(CC)C2)n1. The van der Waals surface area contributed by atoms with Crippen molar-refractivity contribution in [2.75, 3.05) is 30.7 Å². The van der Waals surface area contributed by atoms with Gasteiger partial charge >= 0.3 is 0 Å². The van der Waals surface area contributed by atoms with Gasteiger partial charge in [-0.15, -0.1) is 0 Å². The maximum atomic E-state index is 6.30. The summed E-state index contributed by atoms with van der Waals surface area (Å²) < 4.78 is 0. The molecule has 5 heteroatoms. The van der Waals surface area contributed by atoms with Gasteiger partial charge < -0.3 is 5.32 Å². The lowest BCUT2D eigenvalue weighted by Crippen LogP contribution is -2.37. The van der Waals surface area contributed by atoms with Gasteiger partial charge in [0.05, 0.1) is 10.7 Å². The topological polar surface area (TPSA) is 28.2 Å². The summed E-state index contributed by atoms with van der Waals surface area (Å²) in [5.41, 5.74) is 0.995. The zero-order valence-corrected chi connectivity index (χ0v) is 13.9. The Morgan fingerprint density at radius 3 is 3.05 bits per heavy atom. The van der Waals surface area contributed by atoms with Gasteiger partial charge in [0.1, 0.15) is 5.82 Å². The number of anilines is 1. The summed E-state index contributed by atoms with van der Waals surface area (Å²) in [4.78, 5) is 7.14. The standard InChI is InChI=1S/C15H24ClN3S/c1-3-7-17-15-6-5-13(16)14(18-15)11-19-8-9-20-12(4-2)10-19/h5-6,12H,3-4,7-11H2,1-2H3,(H,17,18). The largest absolute Gasteiger partial charge is 0.370 e. The molecule has 1 unspecified atom stereocenters. The lowest BCUT2D eigenvalue weighted by Gasteiger charge is -2.31. The first kappa shape index (κ1) is 15.9. The van der Waals surface area contributed by atoms with Crippen LogP contribution in [0, 0.1) is 0 Å². The highest BCUT2D eigenvalue weighted by molar-refractivity contribution is 8.00. The van der Waals surface area contributed by atoms with Gasteiger partial charge in [0.2, 0.25) is 0 Å². The Bertz CT molecular complexity index is 428. The number of rotatable bonds is 6. The highest BCUT2D eigenvalue weighted by Gasteiger charge is 2.20. The van der Waals surface area contributed by atoms with E-state index in [0.29, 0.717) is 0 Å². The van der Waals surface area contributed by atoms with E-state index < -0.39 is 0 Å². The number of thioether (sulfide) groups is 1. The van der Waals surface area contributed by atoms with Crippen molar-refractivity contribution >= 4 is 29.2 Å². The smallest absolute Gasteiger partial charge is 0.126 e. The van der Waals surface area contributed by atoms with E-state index in [1.807, 2.05) is 12.1 Å². The predicted molar refractivity (Wildman–Crippen MR) is 89.8 cm³/mol. The molecule has 1 saturated heterocycles. The van der Waals surface area contributed by atoms with Gasteiger partial charge in [-0.1, -0.05) is 25.4 Å². The Morgan fingerprint density at radius 1 is 1.45 bits per heavy atom. The monoisotopic (exact) mass is 313 g/mol. The summed E-state index contributed by atoms with van der Waals surface area (Å²) >= 11 is 8.39. The Hall–Kier alpha value is -0.450. The Morgan fingerprint density at radius 2 is 2.30 bits per heavy atom. The van der Waals surface area contributed by atoms with Crippen LogP contribution < -0.4 is 5.32 Å². The van der Waals surface area contributed by atoms with Crippen LogP contribution in [0.1, 0.15) is 32.4 Å². The molecule has 0 aromatic carbocycles. The van der Waals surface area contributed by atoms with E-state index in [2.05, 4.69) is 40.8 Å². The van der Waals surface area contributed by atoms with Crippen LogP contribution in [0.4, 0.5) is 5.82 Å². The quantitative estimate of drug-likeness (QED) is 0.862. The Kier molecular flexibility index (Phi) is 6.46. The molecule has 2 heterocycles. The normalized spacial score (nSPS) is 20.1. The molecule has 3 nitrogen and oxygen atoms in total. The van der Waals surface area contributed by atoms with Crippen LogP contribution in [0.25, 0.3) is 0 Å². The van der Waals surface area contributed by atoms with Crippen LogP contribution in [0.2, 0.25) is 5.02 Å². The van der Waals surface area contributed by atoms with E-state index in [-0.39, 0.29) is 0 Å². The number of aromatic nitrogens is 1. The second kappa shape index (κ2) is 8.11. The minimum Gasteiger partial charge on any atom is -0.370 e. The summed E-state index contributed by atoms with van der Waals surface area (Å²) in [5.74, 6) is 2.15. The molecule has 0 bridgehead atoms. The number of nitrogens with zero attached hydrogens (tertiary/aromatic N) is 2. The van der Waals surface area contributed by atoms with Gasteiger partial charge in [-0.3, -0.25) is 4.90 Å². The summed E-state index contributed by atoms with van der Waals surface area (Å²) in [7, 11) is 0. The first-order valence-electron chi connectivity index (χ1n) is 7.46. The van der Waals surface area contributed by atoms with Crippen molar-refractivity contribution in [1.82, 2.24) is 9.88 Å². The summed E-state index contributed by atoms with van der Waals surface area (Å²) in [5, 5.41) is 4.86. The van der Waals surface area contributed by atoms with Gasteiger partial charge in [-0.2, -0.15) is 11.8 Å². The highest BCUT2D eigenvalue weighted by atomic mass is 35.5. The fourth-order valence-corrected chi connectivity index (χ4v) is 3.74. The molecule has 0 spiro atoms. The predicted octanol–water partition coefficient (Wildman–Crippen LogP) is 3.88. The summed E-state index contributed by atoms with van der Waals surface area (Å²) in [6, 6.07) is 3.92. The zero-order chi connectivity index (χ0) is 14.4. The minimum atomic E-state index is 0.754. The molecule has 1 N–H and O–H groups in total. The molecule has 0 amide bonds. The Labute approximate surface area is 131 Å². The van der Waals surface area contributed by atoms with Crippen molar-refractivity contribution in [1.29, 1.82) is 0 Å². The van der Waals surface area contributed by atoms with Gasteiger partial charge in [-0.25, -0.2) is 4.98 Å². The van der Waals surface area contributed by atoms with Gasteiger partial charge in [0, 0.05) is 37.2 Å². The molecule has 1 atom stereocenters. The van der Waals surface area contributed by atoms with Crippen molar-refractivity contribution in [2.45, 2.75) is 38.5 Å². The number of halogens is 1. The average Bonchev–Trinajstić information content (AvgIpc) is 2.48. The van der Waals surface area contributed by atoms with Crippen LogP contribution in [0.15, 0.2) is 12.1 Å². The zero-order valence-electron chi connectivity index (χ0n) is 12.4. The molecule has 2 rings (SSSR count). The van der Waals surface area contributed by atoms with Crippen LogP contribution in [0.5, 0.6) is 0 Å². The molecule has 112 valence electrons. The van der Waals surface area contributed by atoms with E-state index >= 15 is 0 Å². The minimum absolute atomic E-state index is 0.754. The van der Waals surface area contributed by atoms with Crippen LogP contribution in [0.3, 0.4) is 0 Å². The van der Waals surface area contributed by atoms with E-state index in [9.17, 15) is 0 Å². The third-order valence-electron chi connectivity index (χ3n) is 3.53. The van der Waals surface area contributed by atoms with Crippen molar-refractivity contribution in [3.05, 3.63) is 22.8 Å². The molecule has 0 saturated carbocycles. The first-order chi connectivity index (χ1) is 9.72. The summed E-state index contributed by atoms with van der Waals surface area (Å²) in [6.45, 7) is 8.50. The third kappa shape index (κ3) is 4.54. The molecular weight excluding hydrogens is 290 g/mol. The molecule has 0 aliphatic carbocycles. The maximum Gasteiger partial charge on any atom is 0.126 e. The molecule has 20 heavy (non-hydrogen) atoms. The lowest BCUT2D eigenvalue weighted by atomic mass is 10.2. The van der Waals surface area contributed by atoms with E-state index in [1.165, 1.54) is 12.2 Å². The molecule has 1 aromatic heterocycles. The second-order valence-electron chi connectivity index (χ2n) is 5.19. The molecule has 1 aliphatic heterocycles. The van der Waals surface area contributed by atoms with Crippen molar-refractivity contribution in [2.24, 2.45) is 0 Å². The van der Waals surface area contributed by atoms with Crippen LogP contribution in [-0.2, 0) is 6.54 Å². The fraction of sp³-hybridized carbons (Fsp3) is 0.667. The van der Waals surface area contributed by atoms with E-state index in [0.717, 1.165) is 54.4 Å².